The van der Waals surface area contributed by atoms with Crippen molar-refractivity contribution >= 4 is 5.69 Å². The summed E-state index contributed by atoms with van der Waals surface area (Å²) in [6.07, 6.45) is 2.50. The van der Waals surface area contributed by atoms with Crippen molar-refractivity contribution in [2.75, 3.05) is 18.5 Å². The fourth-order valence-electron chi connectivity index (χ4n) is 3.00. The molecule has 1 saturated carbocycles. The molecule has 100 valence electrons. The third-order valence-corrected chi connectivity index (χ3v) is 4.55. The smallest absolute Gasteiger partial charge is 0.0363 e. The fraction of sp³-hybridized carbons (Fsp3) is 0.625. The zero-order valence-corrected chi connectivity index (χ0v) is 12.1. The molecule has 1 aliphatic carbocycles. The molecule has 1 aliphatic rings. The van der Waals surface area contributed by atoms with Crippen molar-refractivity contribution in [2.45, 2.75) is 39.7 Å². The highest BCUT2D eigenvalue weighted by atomic mass is 15.1. The molecule has 0 saturated heterocycles. The first-order valence-corrected chi connectivity index (χ1v) is 6.93. The van der Waals surface area contributed by atoms with Gasteiger partial charge in [0.2, 0.25) is 0 Å². The molecule has 1 fully saturated rings. The molecule has 0 amide bonds. The number of hydrogen-bond donors (Lipinski definition) is 1. The molecule has 0 spiro atoms. The third kappa shape index (κ3) is 2.69. The molecule has 0 bridgehead atoms. The second-order valence-electron chi connectivity index (χ2n) is 6.53. The minimum absolute atomic E-state index is 0.304. The maximum absolute atomic E-state index is 6.38. The Hall–Kier alpha value is -1.02. The molecule has 2 nitrogen and oxygen atoms in total. The predicted octanol–water partition coefficient (Wildman–Crippen LogP) is 3.19. The first-order chi connectivity index (χ1) is 8.40. The van der Waals surface area contributed by atoms with Gasteiger partial charge in [-0.25, -0.2) is 0 Å². The molecule has 0 radical (unpaired) electrons. The Balaban J connectivity index is 2.00. The van der Waals surface area contributed by atoms with E-state index in [2.05, 4.69) is 57.0 Å². The summed E-state index contributed by atoms with van der Waals surface area (Å²) in [7, 11) is 2.17. The van der Waals surface area contributed by atoms with E-state index in [1.807, 2.05) is 0 Å². The van der Waals surface area contributed by atoms with Gasteiger partial charge in [-0.3, -0.25) is 0 Å². The van der Waals surface area contributed by atoms with Gasteiger partial charge in [-0.15, -0.1) is 0 Å². The first-order valence-electron chi connectivity index (χ1n) is 6.93. The summed E-state index contributed by atoms with van der Waals surface area (Å²) >= 11 is 0. The fourth-order valence-corrected chi connectivity index (χ4v) is 3.00. The molecule has 2 atom stereocenters. The lowest BCUT2D eigenvalue weighted by atomic mass is 9.85. The van der Waals surface area contributed by atoms with E-state index in [4.69, 9.17) is 5.73 Å². The van der Waals surface area contributed by atoms with Gasteiger partial charge in [0.05, 0.1) is 0 Å². The quantitative estimate of drug-likeness (QED) is 0.887. The van der Waals surface area contributed by atoms with E-state index in [1.54, 1.807) is 0 Å². The second-order valence-corrected chi connectivity index (χ2v) is 6.53. The molecule has 0 aliphatic heterocycles. The van der Waals surface area contributed by atoms with Crippen LogP contribution in [0.5, 0.6) is 0 Å². The van der Waals surface area contributed by atoms with Crippen molar-refractivity contribution in [2.24, 2.45) is 17.1 Å². The van der Waals surface area contributed by atoms with E-state index in [0.717, 1.165) is 6.54 Å². The van der Waals surface area contributed by atoms with Crippen molar-refractivity contribution < 1.29 is 0 Å². The van der Waals surface area contributed by atoms with Crippen molar-refractivity contribution in [3.8, 4) is 0 Å². The standard InChI is InChI=1S/C16H26N2/c1-12-5-7-14(8-6-12)18(4)11-13-9-10-16(2,3)15(13)17/h5-8,13,15H,9-11,17H2,1-4H3. The summed E-state index contributed by atoms with van der Waals surface area (Å²) in [4.78, 5) is 2.34. The van der Waals surface area contributed by atoms with Crippen molar-refractivity contribution in [3.05, 3.63) is 29.8 Å². The van der Waals surface area contributed by atoms with E-state index >= 15 is 0 Å². The summed E-state index contributed by atoms with van der Waals surface area (Å²) in [6.45, 7) is 7.78. The molecule has 1 aromatic carbocycles. The topological polar surface area (TPSA) is 29.3 Å². The van der Waals surface area contributed by atoms with Gasteiger partial charge < -0.3 is 10.6 Å². The van der Waals surface area contributed by atoms with Crippen LogP contribution in [0.15, 0.2) is 24.3 Å². The molecule has 18 heavy (non-hydrogen) atoms. The van der Waals surface area contributed by atoms with E-state index in [1.165, 1.54) is 24.1 Å². The maximum atomic E-state index is 6.38. The monoisotopic (exact) mass is 246 g/mol. The Morgan fingerprint density at radius 2 is 1.89 bits per heavy atom. The molecule has 0 heterocycles. The van der Waals surface area contributed by atoms with Gasteiger partial charge in [-0.2, -0.15) is 0 Å². The van der Waals surface area contributed by atoms with E-state index < -0.39 is 0 Å². The van der Waals surface area contributed by atoms with Gasteiger partial charge in [0.1, 0.15) is 0 Å². The van der Waals surface area contributed by atoms with Crippen molar-refractivity contribution in [1.82, 2.24) is 0 Å². The van der Waals surface area contributed by atoms with Crippen molar-refractivity contribution in [1.29, 1.82) is 0 Å². The van der Waals surface area contributed by atoms with Crippen LogP contribution in [0.3, 0.4) is 0 Å². The molecule has 2 heteroatoms. The average molecular weight is 246 g/mol. The summed E-state index contributed by atoms with van der Waals surface area (Å²) in [5.74, 6) is 0.617. The highest BCUT2D eigenvalue weighted by molar-refractivity contribution is 5.46. The SMILES string of the molecule is Cc1ccc(N(C)CC2CCC(C)(C)C2N)cc1. The van der Waals surface area contributed by atoms with Crippen LogP contribution in [0, 0.1) is 18.3 Å². The van der Waals surface area contributed by atoms with Crippen LogP contribution >= 0.6 is 0 Å². The van der Waals surface area contributed by atoms with E-state index in [-0.39, 0.29) is 0 Å². The van der Waals surface area contributed by atoms with Crippen LogP contribution in [0.1, 0.15) is 32.3 Å². The minimum atomic E-state index is 0.304. The number of nitrogens with zero attached hydrogens (tertiary/aromatic N) is 1. The average Bonchev–Trinajstić information content (AvgIpc) is 2.57. The summed E-state index contributed by atoms with van der Waals surface area (Å²) in [5, 5.41) is 0. The summed E-state index contributed by atoms with van der Waals surface area (Å²) in [6, 6.07) is 9.06. The Labute approximate surface area is 111 Å². The molecule has 1 aromatic rings. The minimum Gasteiger partial charge on any atom is -0.374 e. The highest BCUT2D eigenvalue weighted by Crippen LogP contribution is 2.40. The summed E-state index contributed by atoms with van der Waals surface area (Å²) < 4.78 is 0. The van der Waals surface area contributed by atoms with Crippen LogP contribution in [0.2, 0.25) is 0 Å². The first kappa shape index (κ1) is 13.4. The Kier molecular flexibility index (Phi) is 3.67. The largest absolute Gasteiger partial charge is 0.374 e. The lowest BCUT2D eigenvalue weighted by Crippen LogP contribution is -2.41. The zero-order chi connectivity index (χ0) is 13.3. The Bertz CT molecular complexity index is 394. The van der Waals surface area contributed by atoms with Gasteiger partial charge in [0, 0.05) is 25.3 Å². The van der Waals surface area contributed by atoms with E-state index in [0.29, 0.717) is 17.4 Å². The Morgan fingerprint density at radius 3 is 2.39 bits per heavy atom. The van der Waals surface area contributed by atoms with Crippen LogP contribution in [0.25, 0.3) is 0 Å². The number of nitrogens with two attached hydrogens (primary N) is 1. The molecular weight excluding hydrogens is 220 g/mol. The lowest BCUT2D eigenvalue weighted by Gasteiger charge is -2.30. The molecule has 0 aromatic heterocycles. The van der Waals surface area contributed by atoms with Crippen LogP contribution in [-0.2, 0) is 0 Å². The van der Waals surface area contributed by atoms with Crippen LogP contribution in [0.4, 0.5) is 5.69 Å². The van der Waals surface area contributed by atoms with Crippen LogP contribution in [-0.4, -0.2) is 19.6 Å². The molecular formula is C16H26N2. The zero-order valence-electron chi connectivity index (χ0n) is 12.1. The lowest BCUT2D eigenvalue weighted by molar-refractivity contribution is 0.301. The van der Waals surface area contributed by atoms with Gasteiger partial charge in [-0.05, 0) is 43.2 Å². The number of aryl methyl sites for hydroxylation is 1. The second kappa shape index (κ2) is 4.93. The highest BCUT2D eigenvalue weighted by Gasteiger charge is 2.39. The Morgan fingerprint density at radius 1 is 1.28 bits per heavy atom. The van der Waals surface area contributed by atoms with Gasteiger partial charge in [0.25, 0.3) is 0 Å². The number of rotatable bonds is 3. The van der Waals surface area contributed by atoms with Crippen molar-refractivity contribution in [3.63, 3.8) is 0 Å². The third-order valence-electron chi connectivity index (χ3n) is 4.55. The van der Waals surface area contributed by atoms with Gasteiger partial charge in [0.15, 0.2) is 0 Å². The number of anilines is 1. The van der Waals surface area contributed by atoms with E-state index in [9.17, 15) is 0 Å². The van der Waals surface area contributed by atoms with Gasteiger partial charge >= 0.3 is 0 Å². The molecule has 2 unspecified atom stereocenters. The molecule has 2 N–H and O–H groups in total. The predicted molar refractivity (Wildman–Crippen MR) is 78.9 cm³/mol. The maximum Gasteiger partial charge on any atom is 0.0363 e. The number of benzene rings is 1. The molecule has 2 rings (SSSR count). The summed E-state index contributed by atoms with van der Waals surface area (Å²) in [5.41, 5.74) is 9.29. The normalized spacial score (nSPS) is 26.3. The number of hydrogen-bond acceptors (Lipinski definition) is 2. The van der Waals surface area contributed by atoms with Crippen LogP contribution < -0.4 is 10.6 Å². The van der Waals surface area contributed by atoms with Gasteiger partial charge in [-0.1, -0.05) is 31.5 Å².